The molecule has 1 unspecified atom stereocenters. The minimum Gasteiger partial charge on any atom is -0.495 e. The molecule has 1 atom stereocenters. The van der Waals surface area contributed by atoms with E-state index in [2.05, 4.69) is 16.0 Å². The average Bonchev–Trinajstić information content (AvgIpc) is 2.96. The van der Waals surface area contributed by atoms with Gasteiger partial charge in [0.25, 0.3) is 11.8 Å². The molecule has 0 saturated carbocycles. The van der Waals surface area contributed by atoms with E-state index < -0.39 is 29.9 Å². The first-order chi connectivity index (χ1) is 15.6. The lowest BCUT2D eigenvalue weighted by Gasteiger charge is -2.23. The van der Waals surface area contributed by atoms with E-state index >= 15 is 0 Å². The van der Waals surface area contributed by atoms with E-state index in [1.807, 2.05) is 13.8 Å². The lowest BCUT2D eigenvalue weighted by Crippen LogP contribution is -2.45. The van der Waals surface area contributed by atoms with Crippen molar-refractivity contribution in [1.29, 1.82) is 0 Å². The zero-order valence-corrected chi connectivity index (χ0v) is 19.1. The van der Waals surface area contributed by atoms with Gasteiger partial charge in [-0.1, -0.05) is 26.0 Å². The molecule has 0 radical (unpaired) electrons. The summed E-state index contributed by atoms with van der Waals surface area (Å²) in [6.07, 6.45) is 0.480. The summed E-state index contributed by atoms with van der Waals surface area (Å²) in [6, 6.07) is 12.7. The van der Waals surface area contributed by atoms with Crippen molar-refractivity contribution < 1.29 is 23.9 Å². The number of rotatable bonds is 8. The topological polar surface area (TPSA) is 117 Å². The molecule has 0 bridgehead atoms. The number of carbonyl (C=O) groups excluding carboxylic acids is 4. The Morgan fingerprint density at radius 3 is 2.36 bits per heavy atom. The second kappa shape index (κ2) is 9.72. The highest BCUT2D eigenvalue weighted by molar-refractivity contribution is 6.10. The first-order valence-electron chi connectivity index (χ1n) is 10.6. The van der Waals surface area contributed by atoms with Crippen LogP contribution in [0.5, 0.6) is 5.75 Å². The van der Waals surface area contributed by atoms with Gasteiger partial charge in [-0.2, -0.15) is 0 Å². The molecule has 1 heterocycles. The van der Waals surface area contributed by atoms with Crippen LogP contribution in [0.4, 0.5) is 16.2 Å². The number of nitrogens with zero attached hydrogens (tertiary/aromatic N) is 1. The molecule has 9 heteroatoms. The first kappa shape index (κ1) is 23.8. The average molecular weight is 453 g/mol. The molecule has 0 aliphatic carbocycles. The highest BCUT2D eigenvalue weighted by Gasteiger charge is 2.48. The van der Waals surface area contributed by atoms with Crippen molar-refractivity contribution in [1.82, 2.24) is 10.2 Å². The summed E-state index contributed by atoms with van der Waals surface area (Å²) in [4.78, 5) is 50.8. The smallest absolute Gasteiger partial charge is 0.325 e. The molecule has 5 amide bonds. The van der Waals surface area contributed by atoms with E-state index in [1.54, 1.807) is 55.5 Å². The number of para-hydroxylation sites is 2. The summed E-state index contributed by atoms with van der Waals surface area (Å²) >= 11 is 0. The number of imide groups is 1. The van der Waals surface area contributed by atoms with Gasteiger partial charge in [-0.3, -0.25) is 19.3 Å². The summed E-state index contributed by atoms with van der Waals surface area (Å²) in [5, 5.41) is 8.11. The Hall–Kier alpha value is -3.88. The number of urea groups is 1. The predicted molar refractivity (Wildman–Crippen MR) is 124 cm³/mol. The minimum absolute atomic E-state index is 0.201. The number of nitrogens with one attached hydrogen (secondary N) is 3. The molecule has 1 saturated heterocycles. The van der Waals surface area contributed by atoms with Crippen molar-refractivity contribution in [2.24, 2.45) is 5.92 Å². The van der Waals surface area contributed by atoms with Crippen LogP contribution in [0.3, 0.4) is 0 Å². The third-order valence-corrected chi connectivity index (χ3v) is 5.25. The van der Waals surface area contributed by atoms with E-state index in [-0.39, 0.29) is 11.8 Å². The Morgan fingerprint density at radius 1 is 1.06 bits per heavy atom. The number of methoxy groups -OCH3 is 1. The van der Waals surface area contributed by atoms with Gasteiger partial charge in [-0.15, -0.1) is 0 Å². The van der Waals surface area contributed by atoms with Gasteiger partial charge in [0.15, 0.2) is 0 Å². The van der Waals surface area contributed by atoms with E-state index in [9.17, 15) is 19.2 Å². The molecule has 2 aromatic carbocycles. The highest BCUT2D eigenvalue weighted by atomic mass is 16.5. The maximum Gasteiger partial charge on any atom is 0.325 e. The fraction of sp³-hybridized carbons (Fsp3) is 0.333. The van der Waals surface area contributed by atoms with Crippen LogP contribution < -0.4 is 20.7 Å². The van der Waals surface area contributed by atoms with E-state index in [0.29, 0.717) is 29.1 Å². The minimum atomic E-state index is -1.01. The van der Waals surface area contributed by atoms with Gasteiger partial charge in [0.2, 0.25) is 5.91 Å². The maximum absolute atomic E-state index is 12.7. The Morgan fingerprint density at radius 2 is 1.73 bits per heavy atom. The van der Waals surface area contributed by atoms with Crippen LogP contribution >= 0.6 is 0 Å². The summed E-state index contributed by atoms with van der Waals surface area (Å²) in [5.41, 5.74) is 0.353. The predicted octanol–water partition coefficient (Wildman–Crippen LogP) is 3.24. The van der Waals surface area contributed by atoms with Crippen LogP contribution in [0.1, 0.15) is 37.6 Å². The van der Waals surface area contributed by atoms with Crippen LogP contribution in [-0.4, -0.2) is 47.8 Å². The molecule has 1 aliphatic rings. The zero-order valence-electron chi connectivity index (χ0n) is 19.1. The fourth-order valence-electron chi connectivity index (χ4n) is 3.84. The van der Waals surface area contributed by atoms with Crippen LogP contribution in [0.25, 0.3) is 0 Å². The number of ether oxygens (including phenoxy) is 1. The molecule has 0 aromatic heterocycles. The van der Waals surface area contributed by atoms with Crippen molar-refractivity contribution in [3.8, 4) is 5.75 Å². The Kier molecular flexibility index (Phi) is 7.01. The Balaban J connectivity index is 1.59. The summed E-state index contributed by atoms with van der Waals surface area (Å²) in [5.74, 6) is -0.522. The van der Waals surface area contributed by atoms with E-state index in [1.165, 1.54) is 7.11 Å². The van der Waals surface area contributed by atoms with Gasteiger partial charge >= 0.3 is 6.03 Å². The summed E-state index contributed by atoms with van der Waals surface area (Å²) in [6.45, 7) is 5.19. The molecule has 33 heavy (non-hydrogen) atoms. The standard InChI is InChI=1S/C24H28N4O5/c1-15(2)13-24(3)22(31)28(23(32)27-24)14-20(29)25-17-11-9-16(10-12-17)21(30)26-18-7-5-6-8-19(18)33-4/h5-12,15H,13-14H2,1-4H3,(H,25,29)(H,26,30)(H,27,32). The van der Waals surface area contributed by atoms with Crippen LogP contribution in [0.2, 0.25) is 0 Å². The van der Waals surface area contributed by atoms with E-state index in [0.717, 1.165) is 4.90 Å². The van der Waals surface area contributed by atoms with Crippen molar-refractivity contribution in [3.05, 3.63) is 54.1 Å². The Labute approximate surface area is 192 Å². The van der Waals surface area contributed by atoms with Gasteiger partial charge < -0.3 is 20.7 Å². The van der Waals surface area contributed by atoms with Gasteiger partial charge in [-0.05, 0) is 55.7 Å². The Bertz CT molecular complexity index is 1070. The second-order valence-electron chi connectivity index (χ2n) is 8.53. The van der Waals surface area contributed by atoms with Crippen LogP contribution in [-0.2, 0) is 9.59 Å². The molecule has 2 aromatic rings. The van der Waals surface area contributed by atoms with Gasteiger partial charge in [0.1, 0.15) is 17.8 Å². The third-order valence-electron chi connectivity index (χ3n) is 5.25. The SMILES string of the molecule is COc1ccccc1NC(=O)c1ccc(NC(=O)CN2C(=O)NC(C)(CC(C)C)C2=O)cc1. The second-order valence-corrected chi connectivity index (χ2v) is 8.53. The summed E-state index contributed by atoms with van der Waals surface area (Å²) < 4.78 is 5.23. The van der Waals surface area contributed by atoms with Crippen molar-refractivity contribution in [2.45, 2.75) is 32.7 Å². The molecule has 0 spiro atoms. The van der Waals surface area contributed by atoms with Gasteiger partial charge in [-0.25, -0.2) is 4.79 Å². The van der Waals surface area contributed by atoms with Crippen molar-refractivity contribution in [3.63, 3.8) is 0 Å². The molecule has 1 fully saturated rings. The lowest BCUT2D eigenvalue weighted by molar-refractivity contribution is -0.133. The largest absolute Gasteiger partial charge is 0.495 e. The number of hydrogen-bond acceptors (Lipinski definition) is 5. The maximum atomic E-state index is 12.7. The van der Waals surface area contributed by atoms with Crippen molar-refractivity contribution >= 4 is 35.1 Å². The highest BCUT2D eigenvalue weighted by Crippen LogP contribution is 2.25. The summed E-state index contributed by atoms with van der Waals surface area (Å²) in [7, 11) is 1.52. The molecule has 9 nitrogen and oxygen atoms in total. The third kappa shape index (κ3) is 5.49. The van der Waals surface area contributed by atoms with Crippen molar-refractivity contribution in [2.75, 3.05) is 24.3 Å². The van der Waals surface area contributed by atoms with Gasteiger partial charge in [0.05, 0.1) is 12.8 Å². The van der Waals surface area contributed by atoms with Crippen LogP contribution in [0, 0.1) is 5.92 Å². The fourth-order valence-corrected chi connectivity index (χ4v) is 3.84. The number of carbonyl (C=O) groups is 4. The van der Waals surface area contributed by atoms with Crippen LogP contribution in [0.15, 0.2) is 48.5 Å². The molecule has 3 N–H and O–H groups in total. The normalized spacial score (nSPS) is 17.7. The quantitative estimate of drug-likeness (QED) is 0.532. The van der Waals surface area contributed by atoms with E-state index in [4.69, 9.17) is 4.74 Å². The number of amides is 5. The number of anilines is 2. The number of benzene rings is 2. The lowest BCUT2D eigenvalue weighted by atomic mass is 9.91. The molecule has 3 rings (SSSR count). The monoisotopic (exact) mass is 452 g/mol. The first-order valence-corrected chi connectivity index (χ1v) is 10.6. The zero-order chi connectivity index (χ0) is 24.2. The molecule has 174 valence electrons. The molecule has 1 aliphatic heterocycles. The van der Waals surface area contributed by atoms with Gasteiger partial charge in [0, 0.05) is 11.3 Å². The molecular formula is C24H28N4O5. The number of hydrogen-bond donors (Lipinski definition) is 3. The molecular weight excluding hydrogens is 424 g/mol.